The Kier molecular flexibility index (Phi) is 4.69. The van der Waals surface area contributed by atoms with Crippen molar-refractivity contribution >= 4 is 28.0 Å². The van der Waals surface area contributed by atoms with E-state index in [1.165, 1.54) is 0 Å². The van der Waals surface area contributed by atoms with Crippen LogP contribution in [0.5, 0.6) is 0 Å². The van der Waals surface area contributed by atoms with Gasteiger partial charge in [-0.15, -0.1) is 0 Å². The lowest BCUT2D eigenvalue weighted by Gasteiger charge is -2.03. The molecule has 1 aromatic carbocycles. The summed E-state index contributed by atoms with van der Waals surface area (Å²) in [5, 5.41) is 0. The van der Waals surface area contributed by atoms with E-state index < -0.39 is 0 Å². The third-order valence-corrected chi connectivity index (χ3v) is 2.75. The zero-order valence-corrected chi connectivity index (χ0v) is 10.2. The number of hydrogen-bond acceptors (Lipinski definition) is 2. The molecule has 1 rings (SSSR count). The smallest absolute Gasteiger partial charge is 0.162 e. The molecule has 0 aliphatic carbocycles. The summed E-state index contributed by atoms with van der Waals surface area (Å²) in [5.41, 5.74) is 0.705. The van der Waals surface area contributed by atoms with Crippen LogP contribution in [-0.2, 0) is 4.79 Å². The van der Waals surface area contributed by atoms with Crippen molar-refractivity contribution in [2.75, 3.05) is 0 Å². The maximum Gasteiger partial charge on any atom is 0.162 e. The highest BCUT2D eigenvalue weighted by molar-refractivity contribution is 9.10. The molecule has 0 radical (unpaired) electrons. The molecule has 2 nitrogen and oxygen atoms in total. The maximum absolute atomic E-state index is 11.6. The van der Waals surface area contributed by atoms with Gasteiger partial charge in [0.15, 0.2) is 5.78 Å². The highest BCUT2D eigenvalue weighted by atomic mass is 79.9. The van der Waals surface area contributed by atoms with Gasteiger partial charge in [-0.3, -0.25) is 4.79 Å². The summed E-state index contributed by atoms with van der Waals surface area (Å²) in [6, 6.07) is 7.27. The van der Waals surface area contributed by atoms with Crippen molar-refractivity contribution in [3.63, 3.8) is 0 Å². The third kappa shape index (κ3) is 3.96. The van der Waals surface area contributed by atoms with E-state index in [-0.39, 0.29) is 11.7 Å². The summed E-state index contributed by atoms with van der Waals surface area (Å²) >= 11 is 3.31. The maximum atomic E-state index is 11.6. The summed E-state index contributed by atoms with van der Waals surface area (Å²) in [6.07, 6.45) is 1.94. The lowest BCUT2D eigenvalue weighted by atomic mass is 10.0. The Morgan fingerprint density at radius 2 is 2.00 bits per heavy atom. The molecule has 0 saturated heterocycles. The van der Waals surface area contributed by atoms with Crippen molar-refractivity contribution in [1.82, 2.24) is 0 Å². The van der Waals surface area contributed by atoms with Gasteiger partial charge in [0.25, 0.3) is 0 Å². The largest absolute Gasteiger partial charge is 0.303 e. The molecule has 0 spiro atoms. The fourth-order valence-electron chi connectivity index (χ4n) is 1.21. The van der Waals surface area contributed by atoms with Gasteiger partial charge in [-0.05, 0) is 18.6 Å². The van der Waals surface area contributed by atoms with Crippen LogP contribution in [-0.4, -0.2) is 12.1 Å². The van der Waals surface area contributed by atoms with E-state index in [4.69, 9.17) is 0 Å². The number of carbonyl (C=O) groups excluding carboxylic acids is 2. The second-order valence-electron chi connectivity index (χ2n) is 3.58. The minimum absolute atomic E-state index is 0.0376. The first-order valence-corrected chi connectivity index (χ1v) is 5.67. The van der Waals surface area contributed by atoms with Crippen LogP contribution in [0.4, 0.5) is 0 Å². The van der Waals surface area contributed by atoms with Crippen molar-refractivity contribution in [2.24, 2.45) is 5.92 Å². The fraction of sp³-hybridized carbons (Fsp3) is 0.333. The van der Waals surface area contributed by atoms with E-state index in [0.29, 0.717) is 18.4 Å². The molecule has 15 heavy (non-hydrogen) atoms. The van der Waals surface area contributed by atoms with Gasteiger partial charge in [0.1, 0.15) is 6.29 Å². The Labute approximate surface area is 97.8 Å². The van der Waals surface area contributed by atoms with E-state index in [1.54, 1.807) is 12.1 Å². The standard InChI is InChI=1S/C12H13BrO2/c1-9(8-14)2-7-12(15)10-3-5-11(13)6-4-10/h3-6,8-9H,2,7H2,1H3/t9-/m1/s1. The molecule has 0 saturated carbocycles. The number of aldehydes is 1. The van der Waals surface area contributed by atoms with Gasteiger partial charge in [-0.1, -0.05) is 35.0 Å². The van der Waals surface area contributed by atoms with Crippen LogP contribution >= 0.6 is 15.9 Å². The van der Waals surface area contributed by atoms with Crippen LogP contribution in [0, 0.1) is 5.92 Å². The minimum atomic E-state index is -0.0376. The second-order valence-corrected chi connectivity index (χ2v) is 4.50. The molecule has 0 aromatic heterocycles. The Morgan fingerprint density at radius 3 is 2.53 bits per heavy atom. The summed E-state index contributed by atoms with van der Waals surface area (Å²) in [6.45, 7) is 1.82. The van der Waals surface area contributed by atoms with Crippen molar-refractivity contribution < 1.29 is 9.59 Å². The molecule has 0 aliphatic rings. The molecular weight excluding hydrogens is 256 g/mol. The first kappa shape index (κ1) is 12.1. The first-order valence-electron chi connectivity index (χ1n) is 4.87. The van der Waals surface area contributed by atoms with E-state index in [2.05, 4.69) is 15.9 Å². The van der Waals surface area contributed by atoms with Crippen LogP contribution in [0.1, 0.15) is 30.1 Å². The van der Waals surface area contributed by atoms with Crippen LogP contribution in [0.2, 0.25) is 0 Å². The highest BCUT2D eigenvalue weighted by Crippen LogP contribution is 2.13. The fourth-order valence-corrected chi connectivity index (χ4v) is 1.47. The zero-order valence-electron chi connectivity index (χ0n) is 8.57. The molecule has 1 atom stereocenters. The van der Waals surface area contributed by atoms with Crippen LogP contribution in [0.25, 0.3) is 0 Å². The van der Waals surface area contributed by atoms with Gasteiger partial charge in [0, 0.05) is 22.4 Å². The van der Waals surface area contributed by atoms with E-state index in [0.717, 1.165) is 10.8 Å². The second kappa shape index (κ2) is 5.81. The first-order chi connectivity index (χ1) is 7.13. The number of rotatable bonds is 5. The number of ketones is 1. The quantitative estimate of drug-likeness (QED) is 0.607. The van der Waals surface area contributed by atoms with E-state index in [9.17, 15) is 9.59 Å². The van der Waals surface area contributed by atoms with Crippen LogP contribution in [0.15, 0.2) is 28.7 Å². The van der Waals surface area contributed by atoms with E-state index >= 15 is 0 Å². The third-order valence-electron chi connectivity index (χ3n) is 2.23. The van der Waals surface area contributed by atoms with Crippen molar-refractivity contribution in [1.29, 1.82) is 0 Å². The molecular formula is C12H13BrO2. The minimum Gasteiger partial charge on any atom is -0.303 e. The van der Waals surface area contributed by atoms with Crippen LogP contribution in [0.3, 0.4) is 0 Å². The number of benzene rings is 1. The molecule has 0 bridgehead atoms. The predicted molar refractivity (Wildman–Crippen MR) is 62.9 cm³/mol. The van der Waals surface area contributed by atoms with Gasteiger partial charge in [0.05, 0.1) is 0 Å². The van der Waals surface area contributed by atoms with Gasteiger partial charge in [-0.2, -0.15) is 0 Å². The highest BCUT2D eigenvalue weighted by Gasteiger charge is 2.07. The molecule has 0 N–H and O–H groups in total. The Hall–Kier alpha value is -0.960. The van der Waals surface area contributed by atoms with E-state index in [1.807, 2.05) is 19.1 Å². The number of Topliss-reactive ketones (excluding diaryl/α,β-unsaturated/α-hetero) is 1. The Morgan fingerprint density at radius 1 is 1.40 bits per heavy atom. The summed E-state index contributed by atoms with van der Waals surface area (Å²) in [4.78, 5) is 22.0. The average Bonchev–Trinajstić information content (AvgIpc) is 2.26. The molecule has 0 aliphatic heterocycles. The summed E-state index contributed by atoms with van der Waals surface area (Å²) in [7, 11) is 0. The lowest BCUT2D eigenvalue weighted by Crippen LogP contribution is -2.03. The van der Waals surface area contributed by atoms with Gasteiger partial charge < -0.3 is 4.79 Å². The summed E-state index contributed by atoms with van der Waals surface area (Å²) in [5.74, 6) is 0.0561. The SMILES string of the molecule is C[C@@H](C=O)CCC(=O)c1ccc(Br)cc1. The zero-order chi connectivity index (χ0) is 11.3. The van der Waals surface area contributed by atoms with Crippen molar-refractivity contribution in [2.45, 2.75) is 19.8 Å². The number of carbonyl (C=O) groups is 2. The summed E-state index contributed by atoms with van der Waals surface area (Å²) < 4.78 is 0.959. The monoisotopic (exact) mass is 268 g/mol. The topological polar surface area (TPSA) is 34.1 Å². The van der Waals surface area contributed by atoms with Gasteiger partial charge in [0.2, 0.25) is 0 Å². The number of hydrogen-bond donors (Lipinski definition) is 0. The normalized spacial score (nSPS) is 12.1. The molecule has 1 aromatic rings. The molecule has 0 amide bonds. The molecule has 80 valence electrons. The Balaban J connectivity index is 2.54. The molecule has 3 heteroatoms. The molecule has 0 heterocycles. The van der Waals surface area contributed by atoms with Gasteiger partial charge in [-0.25, -0.2) is 0 Å². The van der Waals surface area contributed by atoms with Crippen molar-refractivity contribution in [3.05, 3.63) is 34.3 Å². The van der Waals surface area contributed by atoms with Gasteiger partial charge >= 0.3 is 0 Å². The molecule has 0 unspecified atom stereocenters. The predicted octanol–water partition coefficient (Wildman–Crippen LogP) is 3.25. The lowest BCUT2D eigenvalue weighted by molar-refractivity contribution is -0.110. The Bertz CT molecular complexity index is 343. The molecule has 0 fully saturated rings. The average molecular weight is 269 g/mol. The van der Waals surface area contributed by atoms with Crippen molar-refractivity contribution in [3.8, 4) is 0 Å². The van der Waals surface area contributed by atoms with Crippen LogP contribution < -0.4 is 0 Å². The number of halogens is 1.